The summed E-state index contributed by atoms with van der Waals surface area (Å²) in [6, 6.07) is 7.16. The van der Waals surface area contributed by atoms with Crippen molar-refractivity contribution in [3.05, 3.63) is 70.5 Å². The Morgan fingerprint density at radius 2 is 1.51 bits per heavy atom. The van der Waals surface area contributed by atoms with Gasteiger partial charge in [-0.2, -0.15) is 26.3 Å². The fourth-order valence-electron chi connectivity index (χ4n) is 5.39. The monoisotopic (exact) mass is 503 g/mol. The fourth-order valence-corrected chi connectivity index (χ4v) is 5.39. The third-order valence-electron chi connectivity index (χ3n) is 7.05. The van der Waals surface area contributed by atoms with E-state index in [4.69, 9.17) is 4.74 Å². The maximum atomic E-state index is 13.6. The normalized spacial score (nSPS) is 25.5. The zero-order chi connectivity index (χ0) is 25.5. The highest BCUT2D eigenvalue weighted by molar-refractivity contribution is 5.78. The summed E-state index contributed by atoms with van der Waals surface area (Å²) in [5.41, 5.74) is -2.26. The quantitative estimate of drug-likeness (QED) is 0.433. The van der Waals surface area contributed by atoms with E-state index in [1.54, 1.807) is 24.1 Å². The molecule has 10 heteroatoms. The molecule has 2 aliphatic rings. The molecule has 1 aliphatic heterocycles. The second-order valence-corrected chi connectivity index (χ2v) is 9.19. The van der Waals surface area contributed by atoms with Crippen LogP contribution in [-0.2, 0) is 28.5 Å². The highest BCUT2D eigenvalue weighted by Crippen LogP contribution is 2.47. The molecule has 1 aliphatic carbocycles. The lowest BCUT2D eigenvalue weighted by molar-refractivity contribution is -0.143. The van der Waals surface area contributed by atoms with Crippen LogP contribution in [0.3, 0.4) is 0 Å². The summed E-state index contributed by atoms with van der Waals surface area (Å²) in [7, 11) is 1.72. The van der Waals surface area contributed by atoms with E-state index in [0.717, 1.165) is 5.56 Å². The van der Waals surface area contributed by atoms with Gasteiger partial charge in [0, 0.05) is 25.4 Å². The minimum Gasteiger partial charge on any atom is -0.373 e. The van der Waals surface area contributed by atoms with E-state index in [9.17, 15) is 35.5 Å². The highest BCUT2D eigenvalue weighted by atomic mass is 19.4. The lowest BCUT2D eigenvalue weighted by Crippen LogP contribution is -2.37. The molecule has 2 fully saturated rings. The summed E-state index contributed by atoms with van der Waals surface area (Å²) in [6.45, 7) is -0.443. The number of hydrogen-bond acceptors (Lipinski definition) is 2. The second kappa shape index (κ2) is 9.44. The standard InChI is InChI=1S/C25H24F7NO2/c1-33-20(7-9-22(33)34)19-6-8-21(23(19)15-2-4-18(26)5-3-15)35-13-14-10-16(24(27,28)29)12-17(11-14)25(30,31)32/h2-5,10-12,19-21,23H,6-9,13H2,1H3/t19-,20?,21-,23-/m0/s1. The Balaban J connectivity index is 1.60. The number of amides is 1. The van der Waals surface area contributed by atoms with Gasteiger partial charge in [0.05, 0.1) is 23.8 Å². The third-order valence-corrected chi connectivity index (χ3v) is 7.05. The highest BCUT2D eigenvalue weighted by Gasteiger charge is 2.46. The Morgan fingerprint density at radius 3 is 2.03 bits per heavy atom. The van der Waals surface area contributed by atoms with Crippen molar-refractivity contribution in [1.82, 2.24) is 4.90 Å². The molecule has 4 atom stereocenters. The Bertz CT molecular complexity index is 1030. The lowest BCUT2D eigenvalue weighted by Gasteiger charge is -2.33. The van der Waals surface area contributed by atoms with Gasteiger partial charge >= 0.3 is 12.4 Å². The fraction of sp³-hybridized carbons (Fsp3) is 0.480. The zero-order valence-corrected chi connectivity index (χ0v) is 18.8. The largest absolute Gasteiger partial charge is 0.416 e. The van der Waals surface area contributed by atoms with Crippen molar-refractivity contribution in [3.63, 3.8) is 0 Å². The molecule has 1 heterocycles. The van der Waals surface area contributed by atoms with E-state index in [2.05, 4.69) is 0 Å². The molecule has 1 amide bonds. The van der Waals surface area contributed by atoms with Crippen LogP contribution in [-0.4, -0.2) is 30.0 Å². The van der Waals surface area contributed by atoms with Gasteiger partial charge in [-0.3, -0.25) is 4.79 Å². The summed E-state index contributed by atoms with van der Waals surface area (Å²) in [5, 5.41) is 0. The summed E-state index contributed by atoms with van der Waals surface area (Å²) in [6.07, 6.45) is -8.17. The van der Waals surface area contributed by atoms with Crippen molar-refractivity contribution in [1.29, 1.82) is 0 Å². The van der Waals surface area contributed by atoms with Crippen molar-refractivity contribution < 1.29 is 40.3 Å². The number of nitrogens with zero attached hydrogens (tertiary/aromatic N) is 1. The molecule has 1 saturated carbocycles. The van der Waals surface area contributed by atoms with Crippen LogP contribution < -0.4 is 0 Å². The van der Waals surface area contributed by atoms with Gasteiger partial charge in [-0.1, -0.05) is 12.1 Å². The van der Waals surface area contributed by atoms with E-state index < -0.39 is 42.0 Å². The van der Waals surface area contributed by atoms with Gasteiger partial charge in [0.1, 0.15) is 5.82 Å². The van der Waals surface area contributed by atoms with Crippen LogP contribution in [0.15, 0.2) is 42.5 Å². The van der Waals surface area contributed by atoms with Crippen LogP contribution in [0.1, 0.15) is 53.9 Å². The first-order valence-electron chi connectivity index (χ1n) is 11.3. The summed E-state index contributed by atoms with van der Waals surface area (Å²) >= 11 is 0. The van der Waals surface area contributed by atoms with Crippen LogP contribution in [0, 0.1) is 11.7 Å². The first-order valence-corrected chi connectivity index (χ1v) is 11.3. The van der Waals surface area contributed by atoms with E-state index in [-0.39, 0.29) is 35.4 Å². The maximum Gasteiger partial charge on any atom is 0.416 e. The van der Waals surface area contributed by atoms with E-state index >= 15 is 0 Å². The smallest absolute Gasteiger partial charge is 0.373 e. The number of ether oxygens (including phenoxy) is 1. The van der Waals surface area contributed by atoms with Gasteiger partial charge in [0.15, 0.2) is 0 Å². The Morgan fingerprint density at radius 1 is 0.914 bits per heavy atom. The van der Waals surface area contributed by atoms with Crippen molar-refractivity contribution in [2.75, 3.05) is 7.05 Å². The molecule has 0 aromatic heterocycles. The van der Waals surface area contributed by atoms with Gasteiger partial charge in [-0.15, -0.1) is 0 Å². The molecule has 0 radical (unpaired) electrons. The van der Waals surface area contributed by atoms with Gasteiger partial charge in [-0.05, 0) is 66.6 Å². The van der Waals surface area contributed by atoms with Gasteiger partial charge in [0.25, 0.3) is 0 Å². The molecule has 190 valence electrons. The van der Waals surface area contributed by atoms with Crippen LogP contribution in [0.5, 0.6) is 0 Å². The molecule has 4 rings (SSSR count). The third kappa shape index (κ3) is 5.47. The molecule has 35 heavy (non-hydrogen) atoms. The van der Waals surface area contributed by atoms with Crippen molar-refractivity contribution in [2.45, 2.75) is 62.7 Å². The minimum atomic E-state index is -4.94. The molecular weight excluding hydrogens is 479 g/mol. The summed E-state index contributed by atoms with van der Waals surface area (Å²) in [4.78, 5) is 13.8. The zero-order valence-electron chi connectivity index (χ0n) is 18.8. The summed E-state index contributed by atoms with van der Waals surface area (Å²) in [5.74, 6) is -0.741. The Labute approximate surface area is 197 Å². The summed E-state index contributed by atoms with van der Waals surface area (Å²) < 4.78 is 98.8. The predicted molar refractivity (Wildman–Crippen MR) is 113 cm³/mol. The van der Waals surface area contributed by atoms with Crippen molar-refractivity contribution in [3.8, 4) is 0 Å². The van der Waals surface area contributed by atoms with E-state index in [1.807, 2.05) is 0 Å². The molecule has 1 saturated heterocycles. The number of likely N-dealkylation sites (tertiary alicyclic amines) is 1. The molecular formula is C25H24F7NO2. The van der Waals surface area contributed by atoms with Gasteiger partial charge in [0.2, 0.25) is 5.91 Å². The number of halogens is 7. The second-order valence-electron chi connectivity index (χ2n) is 9.19. The van der Waals surface area contributed by atoms with Crippen LogP contribution in [0.25, 0.3) is 0 Å². The van der Waals surface area contributed by atoms with Gasteiger partial charge in [-0.25, -0.2) is 4.39 Å². The molecule has 2 aromatic carbocycles. The minimum absolute atomic E-state index is 0.0147. The number of hydrogen-bond donors (Lipinski definition) is 0. The topological polar surface area (TPSA) is 29.5 Å². The molecule has 0 spiro atoms. The first-order chi connectivity index (χ1) is 16.3. The van der Waals surface area contributed by atoms with E-state index in [1.165, 1.54) is 12.1 Å². The molecule has 3 nitrogen and oxygen atoms in total. The van der Waals surface area contributed by atoms with Crippen LogP contribution >= 0.6 is 0 Å². The average Bonchev–Trinajstić information content (AvgIpc) is 3.34. The maximum absolute atomic E-state index is 13.6. The van der Waals surface area contributed by atoms with Crippen molar-refractivity contribution in [2.24, 2.45) is 5.92 Å². The number of benzene rings is 2. The number of carbonyl (C=O) groups excluding carboxylic acids is 1. The number of carbonyl (C=O) groups is 1. The average molecular weight is 503 g/mol. The molecule has 0 N–H and O–H groups in total. The van der Waals surface area contributed by atoms with Crippen LogP contribution in [0.2, 0.25) is 0 Å². The van der Waals surface area contributed by atoms with E-state index in [0.29, 0.717) is 37.8 Å². The predicted octanol–water partition coefficient (Wildman–Crippen LogP) is 6.56. The first kappa shape index (κ1) is 25.5. The Hall–Kier alpha value is -2.62. The number of alkyl halides is 6. The number of rotatable bonds is 5. The molecule has 0 bridgehead atoms. The molecule has 2 aromatic rings. The SMILES string of the molecule is CN1C(=O)CCC1[C@@H]1CC[C@H](OCc2cc(C(F)(F)F)cc(C(F)(F)F)c2)[C@H]1c1ccc(F)cc1. The molecule has 1 unspecified atom stereocenters. The van der Waals surface area contributed by atoms with Crippen molar-refractivity contribution >= 4 is 5.91 Å². The lowest BCUT2D eigenvalue weighted by atomic mass is 9.82. The van der Waals surface area contributed by atoms with Crippen LogP contribution in [0.4, 0.5) is 30.7 Å². The Kier molecular flexibility index (Phi) is 6.87. The van der Waals surface area contributed by atoms with Gasteiger partial charge < -0.3 is 9.64 Å².